The quantitative estimate of drug-likeness (QED) is 0.0430. The lowest BCUT2D eigenvalue weighted by Gasteiger charge is -2.09. The molecule has 0 N–H and O–H groups in total. The average molecular weight is 775 g/mol. The molecule has 52 heavy (non-hydrogen) atoms. The average Bonchev–Trinajstić information content (AvgIpc) is 3.15. The van der Waals surface area contributed by atoms with Crippen molar-refractivity contribution in [3.63, 3.8) is 0 Å². The molecule has 0 heterocycles. The molecule has 0 aromatic rings. The van der Waals surface area contributed by atoms with Gasteiger partial charge in [0.2, 0.25) is 0 Å². The van der Waals surface area contributed by atoms with Crippen LogP contribution >= 0.6 is 11.6 Å². The number of ether oxygens (including phenoxy) is 12. The van der Waals surface area contributed by atoms with Crippen molar-refractivity contribution in [2.45, 2.75) is 84.0 Å². The summed E-state index contributed by atoms with van der Waals surface area (Å²) in [5.41, 5.74) is 0. The Morgan fingerprint density at radius 1 is 0.327 bits per heavy atom. The number of unbranched alkanes of at least 4 members (excludes halogenated alkanes) is 9. The highest BCUT2D eigenvalue weighted by molar-refractivity contribution is 6.17. The zero-order chi connectivity index (χ0) is 37.5. The van der Waals surface area contributed by atoms with Crippen molar-refractivity contribution in [3.8, 4) is 0 Å². The van der Waals surface area contributed by atoms with Gasteiger partial charge in [0, 0.05) is 18.9 Å². The molecule has 0 spiro atoms. The molecule has 0 aliphatic heterocycles. The zero-order valence-electron chi connectivity index (χ0n) is 32.6. The predicted molar refractivity (Wildman–Crippen MR) is 202 cm³/mol. The first kappa shape index (κ1) is 51.3. The molecule has 14 heteroatoms. The van der Waals surface area contributed by atoms with E-state index in [9.17, 15) is 4.79 Å². The molecule has 0 unspecified atom stereocenters. The van der Waals surface area contributed by atoms with Gasteiger partial charge in [0.1, 0.15) is 6.61 Å². The molecule has 0 bridgehead atoms. The summed E-state index contributed by atoms with van der Waals surface area (Å²) >= 11 is 5.66. The summed E-state index contributed by atoms with van der Waals surface area (Å²) in [7, 11) is 0. The SMILES string of the molecule is CCCCCCCCCC(=O)OCCOCCOCCOCCOCCOCCOCCOCCOCCOCCOCCOCCCCCCCl. The monoisotopic (exact) mass is 774 g/mol. The molecule has 0 fully saturated rings. The van der Waals surface area contributed by atoms with E-state index in [0.29, 0.717) is 145 Å². The van der Waals surface area contributed by atoms with Crippen molar-refractivity contribution in [2.75, 3.05) is 158 Å². The van der Waals surface area contributed by atoms with Crippen LogP contribution in [0.2, 0.25) is 0 Å². The molecule has 13 nitrogen and oxygen atoms in total. The molecular weight excluding hydrogens is 700 g/mol. The summed E-state index contributed by atoms with van der Waals surface area (Å²) in [5, 5.41) is 0. The molecule has 0 aliphatic carbocycles. The maximum Gasteiger partial charge on any atom is 0.305 e. The number of halogens is 1. The van der Waals surface area contributed by atoms with Crippen LogP contribution in [0.1, 0.15) is 84.0 Å². The van der Waals surface area contributed by atoms with Gasteiger partial charge in [0.05, 0.1) is 139 Å². The van der Waals surface area contributed by atoms with E-state index >= 15 is 0 Å². The maximum absolute atomic E-state index is 11.7. The van der Waals surface area contributed by atoms with Gasteiger partial charge in [-0.1, -0.05) is 58.3 Å². The summed E-state index contributed by atoms with van der Waals surface area (Å²) in [5.74, 6) is 0.601. The lowest BCUT2D eigenvalue weighted by atomic mass is 10.1. The molecule has 0 saturated carbocycles. The molecule has 0 rings (SSSR count). The molecular formula is C38H75ClO13. The Hall–Kier alpha value is -0.680. The van der Waals surface area contributed by atoms with Gasteiger partial charge < -0.3 is 56.8 Å². The number of carbonyl (C=O) groups excluding carboxylic acids is 1. The molecule has 0 saturated heterocycles. The molecule has 0 aromatic carbocycles. The van der Waals surface area contributed by atoms with Gasteiger partial charge in [-0.3, -0.25) is 4.79 Å². The Labute approximate surface area is 320 Å². The number of esters is 1. The Morgan fingerprint density at radius 3 is 0.942 bits per heavy atom. The molecule has 0 radical (unpaired) electrons. The fourth-order valence-electron chi connectivity index (χ4n) is 4.47. The van der Waals surface area contributed by atoms with E-state index in [1.54, 1.807) is 0 Å². The van der Waals surface area contributed by atoms with Crippen molar-refractivity contribution < 1.29 is 61.6 Å². The largest absolute Gasteiger partial charge is 0.463 e. The number of alkyl halides is 1. The Bertz CT molecular complexity index is 666. The molecule has 0 aliphatic rings. The molecule has 0 aromatic heterocycles. The Kier molecular flexibility index (Phi) is 47.7. The number of hydrogen-bond acceptors (Lipinski definition) is 13. The normalized spacial score (nSPS) is 11.5. The van der Waals surface area contributed by atoms with Crippen LogP contribution in [0.25, 0.3) is 0 Å². The third-order valence-corrected chi connectivity index (χ3v) is 7.63. The number of rotatable bonds is 47. The van der Waals surface area contributed by atoms with Crippen LogP contribution in [0, 0.1) is 0 Å². The van der Waals surface area contributed by atoms with E-state index in [2.05, 4.69) is 6.92 Å². The van der Waals surface area contributed by atoms with Gasteiger partial charge in [-0.05, 0) is 19.3 Å². The lowest BCUT2D eigenvalue weighted by molar-refractivity contribution is -0.145. The first-order valence-electron chi connectivity index (χ1n) is 19.9. The van der Waals surface area contributed by atoms with Crippen LogP contribution < -0.4 is 0 Å². The van der Waals surface area contributed by atoms with Gasteiger partial charge in [0.15, 0.2) is 0 Å². The molecule has 0 amide bonds. The second kappa shape index (κ2) is 48.3. The summed E-state index contributed by atoms with van der Waals surface area (Å²) < 4.78 is 65.6. The summed E-state index contributed by atoms with van der Waals surface area (Å²) in [6, 6.07) is 0. The fraction of sp³-hybridized carbons (Fsp3) is 0.974. The Balaban J connectivity index is 3.09. The van der Waals surface area contributed by atoms with E-state index < -0.39 is 0 Å². The van der Waals surface area contributed by atoms with Crippen molar-refractivity contribution in [3.05, 3.63) is 0 Å². The van der Waals surface area contributed by atoms with E-state index in [0.717, 1.165) is 38.2 Å². The van der Waals surface area contributed by atoms with Gasteiger partial charge in [-0.15, -0.1) is 11.6 Å². The van der Waals surface area contributed by atoms with Crippen LogP contribution in [0.3, 0.4) is 0 Å². The topological polar surface area (TPSA) is 128 Å². The maximum atomic E-state index is 11.7. The second-order valence-electron chi connectivity index (χ2n) is 11.9. The van der Waals surface area contributed by atoms with Crippen molar-refractivity contribution >= 4 is 17.6 Å². The molecule has 0 atom stereocenters. The van der Waals surface area contributed by atoms with Crippen LogP contribution in [-0.2, 0) is 61.6 Å². The number of hydrogen-bond donors (Lipinski definition) is 0. The first-order valence-corrected chi connectivity index (χ1v) is 20.4. The Morgan fingerprint density at radius 2 is 0.596 bits per heavy atom. The van der Waals surface area contributed by atoms with Crippen LogP contribution in [0.15, 0.2) is 0 Å². The minimum absolute atomic E-state index is 0.141. The van der Waals surface area contributed by atoms with Gasteiger partial charge >= 0.3 is 5.97 Å². The smallest absolute Gasteiger partial charge is 0.305 e. The molecule has 312 valence electrons. The van der Waals surface area contributed by atoms with E-state index in [1.807, 2.05) is 0 Å². The van der Waals surface area contributed by atoms with Crippen molar-refractivity contribution in [2.24, 2.45) is 0 Å². The highest BCUT2D eigenvalue weighted by atomic mass is 35.5. The second-order valence-corrected chi connectivity index (χ2v) is 12.3. The van der Waals surface area contributed by atoms with E-state index in [4.69, 9.17) is 68.4 Å². The number of carbonyl (C=O) groups is 1. The van der Waals surface area contributed by atoms with Crippen LogP contribution in [0.4, 0.5) is 0 Å². The van der Waals surface area contributed by atoms with Gasteiger partial charge in [-0.25, -0.2) is 0 Å². The first-order chi connectivity index (χ1) is 25.8. The third-order valence-electron chi connectivity index (χ3n) is 7.37. The van der Waals surface area contributed by atoms with Crippen LogP contribution in [0.5, 0.6) is 0 Å². The minimum atomic E-state index is -0.141. The highest BCUT2D eigenvalue weighted by Gasteiger charge is 2.03. The van der Waals surface area contributed by atoms with Gasteiger partial charge in [-0.2, -0.15) is 0 Å². The summed E-state index contributed by atoms with van der Waals surface area (Å²) in [4.78, 5) is 11.7. The highest BCUT2D eigenvalue weighted by Crippen LogP contribution is 2.08. The third kappa shape index (κ3) is 47.3. The standard InChI is InChI=1S/C38H75ClO13/c1-2-3-4-5-6-7-10-13-38(40)52-37-36-51-35-34-50-33-32-49-31-30-48-29-28-47-27-26-46-25-24-45-23-22-44-21-20-43-19-18-42-17-16-41-15-12-9-8-11-14-39/h2-37H2,1H3. The van der Waals surface area contributed by atoms with Gasteiger partial charge in [0.25, 0.3) is 0 Å². The lowest BCUT2D eigenvalue weighted by Crippen LogP contribution is -2.15. The van der Waals surface area contributed by atoms with Crippen molar-refractivity contribution in [1.29, 1.82) is 0 Å². The summed E-state index contributed by atoms with van der Waals surface area (Å²) in [6.45, 7) is 14.0. The van der Waals surface area contributed by atoms with Crippen molar-refractivity contribution in [1.82, 2.24) is 0 Å². The summed E-state index contributed by atoms with van der Waals surface area (Å²) in [6.07, 6.45) is 13.3. The van der Waals surface area contributed by atoms with Crippen LogP contribution in [-0.4, -0.2) is 164 Å². The zero-order valence-corrected chi connectivity index (χ0v) is 33.4. The minimum Gasteiger partial charge on any atom is -0.463 e. The van der Waals surface area contributed by atoms with E-state index in [-0.39, 0.29) is 12.6 Å². The van der Waals surface area contributed by atoms with E-state index in [1.165, 1.54) is 44.9 Å². The predicted octanol–water partition coefficient (Wildman–Crippen LogP) is 5.65. The fourth-order valence-corrected chi connectivity index (χ4v) is 4.66.